The second kappa shape index (κ2) is 16.2. The lowest BCUT2D eigenvalue weighted by Crippen LogP contribution is -2.11. The molecular weight excluding hydrogens is 280 g/mol. The summed E-state index contributed by atoms with van der Waals surface area (Å²) < 4.78 is 4.93. The fourth-order valence-electron chi connectivity index (χ4n) is 2.56. The fourth-order valence-corrected chi connectivity index (χ4v) is 2.89. The summed E-state index contributed by atoms with van der Waals surface area (Å²) in [6.07, 6.45) is 16.4. The van der Waals surface area contributed by atoms with Crippen molar-refractivity contribution in [2.75, 3.05) is 6.61 Å². The van der Waals surface area contributed by atoms with Crippen LogP contribution in [0.1, 0.15) is 97.3 Å². The van der Waals surface area contributed by atoms with Crippen LogP contribution in [-0.2, 0) is 9.53 Å². The first-order valence-corrected chi connectivity index (χ1v) is 9.56. The Morgan fingerprint density at radius 1 is 0.857 bits per heavy atom. The molecule has 0 N–H and O–H groups in total. The maximum Gasteiger partial charge on any atom is 0.306 e. The van der Waals surface area contributed by atoms with E-state index in [0.717, 1.165) is 6.42 Å². The minimum absolute atomic E-state index is 0.111. The van der Waals surface area contributed by atoms with Crippen LogP contribution in [0, 0.1) is 0 Å². The van der Waals surface area contributed by atoms with Crippen molar-refractivity contribution in [3.8, 4) is 0 Å². The molecule has 0 spiro atoms. The van der Waals surface area contributed by atoms with Crippen LogP contribution in [0.15, 0.2) is 0 Å². The molecule has 126 valence electrons. The highest BCUT2D eigenvalue weighted by Crippen LogP contribution is 2.15. The monoisotopic (exact) mass is 316 g/mol. The second-order valence-corrected chi connectivity index (χ2v) is 6.72. The van der Waals surface area contributed by atoms with E-state index in [0.29, 0.717) is 13.0 Å². The summed E-state index contributed by atoms with van der Waals surface area (Å²) in [5.41, 5.74) is 0. The summed E-state index contributed by atoms with van der Waals surface area (Å²) in [4.78, 5) is 11.3. The van der Waals surface area contributed by atoms with Crippen molar-refractivity contribution in [1.82, 2.24) is 0 Å². The molecule has 0 aromatic carbocycles. The molecule has 0 radical (unpaired) electrons. The zero-order valence-corrected chi connectivity index (χ0v) is 15.1. The highest BCUT2D eigenvalue weighted by molar-refractivity contribution is 7.81. The highest BCUT2D eigenvalue weighted by Gasteiger charge is 2.09. The number of hydrogen-bond donors (Lipinski definition) is 1. The Bertz CT molecular complexity index is 231. The molecule has 3 heteroatoms. The molecule has 2 nitrogen and oxygen atoms in total. The third-order valence-electron chi connectivity index (χ3n) is 3.85. The molecule has 0 heterocycles. The van der Waals surface area contributed by atoms with Crippen molar-refractivity contribution < 1.29 is 9.53 Å². The Morgan fingerprint density at radius 2 is 1.33 bits per heavy atom. The number of unbranched alkanes of at least 4 members (excludes halogenated alkanes) is 10. The van der Waals surface area contributed by atoms with Crippen LogP contribution >= 0.6 is 12.6 Å². The molecule has 0 amide bonds. The van der Waals surface area contributed by atoms with Gasteiger partial charge in [0, 0.05) is 5.25 Å². The second-order valence-electron chi connectivity index (χ2n) is 5.99. The van der Waals surface area contributed by atoms with Gasteiger partial charge >= 0.3 is 5.97 Å². The molecule has 21 heavy (non-hydrogen) atoms. The minimum Gasteiger partial charge on any atom is -0.466 e. The van der Waals surface area contributed by atoms with E-state index >= 15 is 0 Å². The Kier molecular flexibility index (Phi) is 16.1. The smallest absolute Gasteiger partial charge is 0.306 e. The third-order valence-corrected chi connectivity index (χ3v) is 4.29. The predicted molar refractivity (Wildman–Crippen MR) is 95.1 cm³/mol. The molecule has 0 aliphatic rings. The SMILES string of the molecule is CCCCCCCCCCCCCC(S)CC(=O)OCC. The topological polar surface area (TPSA) is 26.3 Å². The van der Waals surface area contributed by atoms with Crippen molar-refractivity contribution in [3.63, 3.8) is 0 Å². The molecule has 0 saturated carbocycles. The van der Waals surface area contributed by atoms with E-state index in [1.54, 1.807) is 0 Å². The summed E-state index contributed by atoms with van der Waals surface area (Å²) >= 11 is 4.46. The molecule has 0 bridgehead atoms. The Balaban J connectivity index is 3.19. The van der Waals surface area contributed by atoms with Crippen LogP contribution < -0.4 is 0 Å². The van der Waals surface area contributed by atoms with Crippen molar-refractivity contribution in [2.45, 2.75) is 103 Å². The van der Waals surface area contributed by atoms with E-state index < -0.39 is 0 Å². The summed E-state index contributed by atoms with van der Waals surface area (Å²) in [5, 5.41) is 0.169. The summed E-state index contributed by atoms with van der Waals surface area (Å²) in [6.45, 7) is 4.58. The van der Waals surface area contributed by atoms with Gasteiger partial charge in [-0.2, -0.15) is 12.6 Å². The molecule has 0 fully saturated rings. The number of rotatable bonds is 15. The van der Waals surface area contributed by atoms with E-state index in [1.165, 1.54) is 70.6 Å². The van der Waals surface area contributed by atoms with Crippen molar-refractivity contribution >= 4 is 18.6 Å². The van der Waals surface area contributed by atoms with Crippen LogP contribution in [0.2, 0.25) is 0 Å². The van der Waals surface area contributed by atoms with E-state index in [1.807, 2.05) is 6.92 Å². The molecule has 1 atom stereocenters. The quantitative estimate of drug-likeness (QED) is 0.230. The first-order chi connectivity index (χ1) is 10.2. The van der Waals surface area contributed by atoms with Gasteiger partial charge in [0.15, 0.2) is 0 Å². The van der Waals surface area contributed by atoms with E-state index in [-0.39, 0.29) is 11.2 Å². The van der Waals surface area contributed by atoms with Gasteiger partial charge in [-0.15, -0.1) is 0 Å². The van der Waals surface area contributed by atoms with Crippen molar-refractivity contribution in [2.24, 2.45) is 0 Å². The van der Waals surface area contributed by atoms with Gasteiger partial charge in [0.1, 0.15) is 0 Å². The molecule has 0 aliphatic heterocycles. The summed E-state index contributed by atoms with van der Waals surface area (Å²) in [7, 11) is 0. The first kappa shape index (κ1) is 20.8. The lowest BCUT2D eigenvalue weighted by molar-refractivity contribution is -0.143. The molecular formula is C18H36O2S. The van der Waals surface area contributed by atoms with Crippen molar-refractivity contribution in [3.05, 3.63) is 0 Å². The maximum atomic E-state index is 11.3. The number of hydrogen-bond acceptors (Lipinski definition) is 3. The standard InChI is InChI=1S/C18H36O2S/c1-3-5-6-7-8-9-10-11-12-13-14-15-17(21)16-18(19)20-4-2/h17,21H,3-16H2,1-2H3. The van der Waals surface area contributed by atoms with Crippen LogP contribution in [0.25, 0.3) is 0 Å². The first-order valence-electron chi connectivity index (χ1n) is 9.04. The zero-order chi connectivity index (χ0) is 15.8. The van der Waals surface area contributed by atoms with Gasteiger partial charge in [-0.1, -0.05) is 77.6 Å². The number of esters is 1. The van der Waals surface area contributed by atoms with Crippen LogP contribution in [-0.4, -0.2) is 17.8 Å². The van der Waals surface area contributed by atoms with Gasteiger partial charge in [-0.25, -0.2) is 0 Å². The Hall–Kier alpha value is -0.180. The molecule has 0 aromatic heterocycles. The highest BCUT2D eigenvalue weighted by atomic mass is 32.1. The fraction of sp³-hybridized carbons (Fsp3) is 0.944. The molecule has 1 unspecified atom stereocenters. The summed E-state index contributed by atoms with van der Waals surface area (Å²) in [6, 6.07) is 0. The normalized spacial score (nSPS) is 12.3. The van der Waals surface area contributed by atoms with Gasteiger partial charge < -0.3 is 4.74 Å². The van der Waals surface area contributed by atoms with Gasteiger partial charge in [-0.3, -0.25) is 4.79 Å². The Morgan fingerprint density at radius 3 is 1.81 bits per heavy atom. The zero-order valence-electron chi connectivity index (χ0n) is 14.2. The minimum atomic E-state index is -0.111. The van der Waals surface area contributed by atoms with E-state index in [9.17, 15) is 4.79 Å². The average Bonchev–Trinajstić information content (AvgIpc) is 2.45. The number of ether oxygens (including phenoxy) is 1. The number of thiol groups is 1. The van der Waals surface area contributed by atoms with Crippen LogP contribution in [0.3, 0.4) is 0 Å². The molecule has 0 aromatic rings. The lowest BCUT2D eigenvalue weighted by Gasteiger charge is -2.09. The van der Waals surface area contributed by atoms with Gasteiger partial charge in [0.25, 0.3) is 0 Å². The largest absolute Gasteiger partial charge is 0.466 e. The van der Waals surface area contributed by atoms with Gasteiger partial charge in [0.05, 0.1) is 13.0 Å². The van der Waals surface area contributed by atoms with E-state index in [2.05, 4.69) is 19.6 Å². The number of carbonyl (C=O) groups is 1. The maximum absolute atomic E-state index is 11.3. The predicted octanol–water partition coefficient (Wildman–Crippen LogP) is 5.94. The summed E-state index contributed by atoms with van der Waals surface area (Å²) in [5.74, 6) is -0.111. The van der Waals surface area contributed by atoms with Gasteiger partial charge in [-0.05, 0) is 13.3 Å². The lowest BCUT2D eigenvalue weighted by atomic mass is 10.0. The third kappa shape index (κ3) is 16.0. The van der Waals surface area contributed by atoms with Gasteiger partial charge in [0.2, 0.25) is 0 Å². The Labute approximate surface area is 137 Å². The van der Waals surface area contributed by atoms with Crippen LogP contribution in [0.5, 0.6) is 0 Å². The number of carbonyl (C=O) groups excluding carboxylic acids is 1. The molecule has 0 saturated heterocycles. The van der Waals surface area contributed by atoms with Crippen molar-refractivity contribution in [1.29, 1.82) is 0 Å². The van der Waals surface area contributed by atoms with Crippen LogP contribution in [0.4, 0.5) is 0 Å². The molecule has 0 aliphatic carbocycles. The van der Waals surface area contributed by atoms with E-state index in [4.69, 9.17) is 4.74 Å². The molecule has 0 rings (SSSR count). The average molecular weight is 317 g/mol.